The lowest BCUT2D eigenvalue weighted by atomic mass is 10.1. The van der Waals surface area contributed by atoms with Gasteiger partial charge in [0.2, 0.25) is 0 Å². The van der Waals surface area contributed by atoms with Crippen molar-refractivity contribution in [3.05, 3.63) is 24.0 Å². The van der Waals surface area contributed by atoms with Gasteiger partial charge >= 0.3 is 6.18 Å². The zero-order chi connectivity index (χ0) is 18.7. The molecular formula is C17H19F3N6. The van der Waals surface area contributed by atoms with E-state index < -0.39 is 12.2 Å². The predicted octanol–water partition coefficient (Wildman–Crippen LogP) is 3.03. The highest BCUT2D eigenvalue weighted by Crippen LogP contribution is 2.29. The van der Waals surface area contributed by atoms with Crippen molar-refractivity contribution >= 4 is 22.4 Å². The van der Waals surface area contributed by atoms with Gasteiger partial charge in [-0.15, -0.1) is 0 Å². The standard InChI is InChI=1S/C17H19F3N6/c1-10(17(18,19)20)24-16-14-6-15(25-12-3-2-4-22-9-12)23-8-11(14)5-13(7-21)26-16/h5-6,8,10,12,22H,2-4,9H2,1H3,(H,23,25)(H,24,26)/t10?,12-/m0/s1. The maximum atomic E-state index is 12.9. The van der Waals surface area contributed by atoms with Gasteiger partial charge in [0.1, 0.15) is 29.4 Å². The van der Waals surface area contributed by atoms with E-state index in [4.69, 9.17) is 5.26 Å². The first-order valence-electron chi connectivity index (χ1n) is 8.38. The molecular weight excluding hydrogens is 345 g/mol. The molecule has 1 saturated heterocycles. The number of rotatable bonds is 4. The Kier molecular flexibility index (Phi) is 5.13. The van der Waals surface area contributed by atoms with E-state index in [1.165, 1.54) is 6.07 Å². The van der Waals surface area contributed by atoms with Crippen molar-refractivity contribution < 1.29 is 13.2 Å². The summed E-state index contributed by atoms with van der Waals surface area (Å²) in [6.45, 7) is 2.80. The molecule has 0 saturated carbocycles. The van der Waals surface area contributed by atoms with Crippen LogP contribution in [-0.4, -0.2) is 41.3 Å². The van der Waals surface area contributed by atoms with Gasteiger partial charge in [0.15, 0.2) is 0 Å². The van der Waals surface area contributed by atoms with Gasteiger partial charge in [0, 0.05) is 29.6 Å². The molecule has 1 fully saturated rings. The van der Waals surface area contributed by atoms with Gasteiger partial charge in [-0.3, -0.25) is 0 Å². The number of hydrogen-bond acceptors (Lipinski definition) is 6. The van der Waals surface area contributed by atoms with Crippen LogP contribution >= 0.6 is 0 Å². The molecule has 0 aliphatic carbocycles. The summed E-state index contributed by atoms with van der Waals surface area (Å²) in [5.74, 6) is 0.594. The number of nitrogens with one attached hydrogen (secondary N) is 3. The molecule has 2 aromatic rings. The fourth-order valence-corrected chi connectivity index (χ4v) is 2.86. The second-order valence-corrected chi connectivity index (χ2v) is 6.35. The second kappa shape index (κ2) is 7.33. The monoisotopic (exact) mass is 364 g/mol. The topological polar surface area (TPSA) is 85.7 Å². The average molecular weight is 364 g/mol. The smallest absolute Gasteiger partial charge is 0.366 e. The van der Waals surface area contributed by atoms with Crippen LogP contribution in [0.5, 0.6) is 0 Å². The predicted molar refractivity (Wildman–Crippen MR) is 92.9 cm³/mol. The van der Waals surface area contributed by atoms with Gasteiger partial charge in [0.05, 0.1) is 0 Å². The minimum atomic E-state index is -4.42. The molecule has 3 heterocycles. The van der Waals surface area contributed by atoms with Gasteiger partial charge in [-0.2, -0.15) is 18.4 Å². The fourth-order valence-electron chi connectivity index (χ4n) is 2.86. The lowest BCUT2D eigenvalue weighted by molar-refractivity contribution is -0.138. The minimum absolute atomic E-state index is 0.0242. The largest absolute Gasteiger partial charge is 0.408 e. The van der Waals surface area contributed by atoms with E-state index in [0.717, 1.165) is 32.9 Å². The van der Waals surface area contributed by atoms with Gasteiger partial charge < -0.3 is 16.0 Å². The van der Waals surface area contributed by atoms with Crippen molar-refractivity contribution in [3.63, 3.8) is 0 Å². The Bertz CT molecular complexity index is 824. The van der Waals surface area contributed by atoms with Crippen LogP contribution in [0.25, 0.3) is 10.8 Å². The minimum Gasteiger partial charge on any atom is -0.366 e. The highest BCUT2D eigenvalue weighted by molar-refractivity contribution is 5.93. The van der Waals surface area contributed by atoms with Crippen LogP contribution in [0.4, 0.5) is 24.8 Å². The molecule has 9 heteroatoms. The maximum Gasteiger partial charge on any atom is 0.408 e. The van der Waals surface area contributed by atoms with Crippen molar-refractivity contribution in [1.29, 1.82) is 5.26 Å². The first-order chi connectivity index (χ1) is 12.4. The van der Waals surface area contributed by atoms with Crippen molar-refractivity contribution in [1.82, 2.24) is 15.3 Å². The quantitative estimate of drug-likeness (QED) is 0.773. The van der Waals surface area contributed by atoms with Crippen molar-refractivity contribution in [3.8, 4) is 6.07 Å². The van der Waals surface area contributed by atoms with Crippen LogP contribution in [0.15, 0.2) is 18.3 Å². The number of nitriles is 1. The molecule has 2 aromatic heterocycles. The summed E-state index contributed by atoms with van der Waals surface area (Å²) in [7, 11) is 0. The molecule has 1 aliphatic rings. The lowest BCUT2D eigenvalue weighted by Gasteiger charge is -2.24. The maximum absolute atomic E-state index is 12.9. The first kappa shape index (κ1) is 18.2. The van der Waals surface area contributed by atoms with E-state index in [-0.39, 0.29) is 17.6 Å². The second-order valence-electron chi connectivity index (χ2n) is 6.35. The number of halogens is 3. The van der Waals surface area contributed by atoms with Crippen LogP contribution in [0.1, 0.15) is 25.5 Å². The van der Waals surface area contributed by atoms with Gasteiger partial charge in [-0.25, -0.2) is 9.97 Å². The van der Waals surface area contributed by atoms with Crippen LogP contribution in [0.3, 0.4) is 0 Å². The Labute approximate surface area is 148 Å². The molecule has 0 bridgehead atoms. The molecule has 0 aromatic carbocycles. The van der Waals surface area contributed by atoms with E-state index in [9.17, 15) is 13.2 Å². The van der Waals surface area contributed by atoms with Crippen molar-refractivity contribution in [2.75, 3.05) is 23.7 Å². The summed E-state index contributed by atoms with van der Waals surface area (Å²) in [4.78, 5) is 8.34. The Morgan fingerprint density at radius 1 is 1.38 bits per heavy atom. The van der Waals surface area contributed by atoms with E-state index >= 15 is 0 Å². The molecule has 1 aliphatic heterocycles. The molecule has 138 valence electrons. The number of piperidine rings is 1. The number of aromatic nitrogens is 2. The Hall–Kier alpha value is -2.60. The summed E-state index contributed by atoms with van der Waals surface area (Å²) in [6.07, 6.45) is -0.832. The Morgan fingerprint density at radius 2 is 2.19 bits per heavy atom. The van der Waals surface area contributed by atoms with E-state index in [0.29, 0.717) is 16.6 Å². The molecule has 0 spiro atoms. The Balaban J connectivity index is 1.95. The third kappa shape index (κ3) is 4.14. The third-order valence-corrected chi connectivity index (χ3v) is 4.32. The van der Waals surface area contributed by atoms with Crippen LogP contribution in [-0.2, 0) is 0 Å². The highest BCUT2D eigenvalue weighted by Gasteiger charge is 2.36. The van der Waals surface area contributed by atoms with Gasteiger partial charge in [0.25, 0.3) is 0 Å². The Morgan fingerprint density at radius 3 is 2.85 bits per heavy atom. The summed E-state index contributed by atoms with van der Waals surface area (Å²) < 4.78 is 38.8. The number of hydrogen-bond donors (Lipinski definition) is 3. The molecule has 3 N–H and O–H groups in total. The molecule has 2 atom stereocenters. The normalized spacial score (nSPS) is 19.0. The molecule has 6 nitrogen and oxygen atoms in total. The SMILES string of the molecule is CC(Nc1nc(C#N)cc2cnc(N[C@H]3CCCNC3)cc12)C(F)(F)F. The number of fused-ring (bicyclic) bond motifs is 1. The van der Waals surface area contributed by atoms with E-state index in [2.05, 4.69) is 25.9 Å². The first-order valence-corrected chi connectivity index (χ1v) is 8.38. The van der Waals surface area contributed by atoms with Gasteiger partial charge in [-0.1, -0.05) is 0 Å². The molecule has 3 rings (SSSR count). The van der Waals surface area contributed by atoms with E-state index in [1.54, 1.807) is 12.3 Å². The molecule has 26 heavy (non-hydrogen) atoms. The number of anilines is 2. The summed E-state index contributed by atoms with van der Waals surface area (Å²) >= 11 is 0. The van der Waals surface area contributed by atoms with Crippen molar-refractivity contribution in [2.24, 2.45) is 0 Å². The highest BCUT2D eigenvalue weighted by atomic mass is 19.4. The number of nitrogens with zero attached hydrogens (tertiary/aromatic N) is 3. The summed E-state index contributed by atoms with van der Waals surface area (Å²) in [6, 6.07) is 3.47. The van der Waals surface area contributed by atoms with Crippen LogP contribution in [0.2, 0.25) is 0 Å². The van der Waals surface area contributed by atoms with Gasteiger partial charge in [-0.05, 0) is 38.4 Å². The zero-order valence-corrected chi connectivity index (χ0v) is 14.2. The molecule has 1 unspecified atom stereocenters. The average Bonchev–Trinajstić information content (AvgIpc) is 2.62. The van der Waals surface area contributed by atoms with E-state index in [1.807, 2.05) is 6.07 Å². The molecule has 0 radical (unpaired) electrons. The third-order valence-electron chi connectivity index (χ3n) is 4.32. The lowest BCUT2D eigenvalue weighted by Crippen LogP contribution is -2.38. The zero-order valence-electron chi connectivity index (χ0n) is 14.2. The van der Waals surface area contributed by atoms with Crippen molar-refractivity contribution in [2.45, 2.75) is 38.0 Å². The summed E-state index contributed by atoms with van der Waals surface area (Å²) in [5, 5.41) is 19.1. The van der Waals surface area contributed by atoms with Crippen LogP contribution < -0.4 is 16.0 Å². The summed E-state index contributed by atoms with van der Waals surface area (Å²) in [5.41, 5.74) is 0.0355. The molecule has 0 amide bonds. The van der Waals surface area contributed by atoms with Crippen LogP contribution in [0, 0.1) is 11.3 Å². The number of pyridine rings is 2. The number of alkyl halides is 3. The fraction of sp³-hybridized carbons (Fsp3) is 0.471.